The van der Waals surface area contributed by atoms with Gasteiger partial charge in [0.15, 0.2) is 0 Å². The Morgan fingerprint density at radius 1 is 0.833 bits per heavy atom. The Morgan fingerprint density at radius 3 is 1.61 bits per heavy atom. The third-order valence-electron chi connectivity index (χ3n) is 2.30. The first-order valence-corrected chi connectivity index (χ1v) is 12.8. The third-order valence-corrected chi connectivity index (χ3v) is 12.0. The molecular weight excluding hydrogens is 490 g/mol. The van der Waals surface area contributed by atoms with Gasteiger partial charge in [0.25, 0.3) is 0 Å². The van der Waals surface area contributed by atoms with Crippen LogP contribution in [0, 0.1) is 13.8 Å². The van der Waals surface area contributed by atoms with Crippen LogP contribution < -0.4 is 9.18 Å². The van der Waals surface area contributed by atoms with Gasteiger partial charge in [0.2, 0.25) is 0 Å². The van der Waals surface area contributed by atoms with Crippen LogP contribution in [0.15, 0.2) is 33.5 Å². The monoisotopic (exact) mass is 500 g/mol. The Balaban J connectivity index is 2.17. The van der Waals surface area contributed by atoms with Gasteiger partial charge in [0, 0.05) is 0 Å². The van der Waals surface area contributed by atoms with Gasteiger partial charge in [0.1, 0.15) is 0 Å². The van der Waals surface area contributed by atoms with Crippen molar-refractivity contribution in [2.75, 3.05) is 0 Å². The van der Waals surface area contributed by atoms with Crippen molar-refractivity contribution >= 4 is 67.3 Å². The minimum absolute atomic E-state index is 0.348. The number of pyridine rings is 2. The number of aryl methyl sites for hydroxylation is 2. The summed E-state index contributed by atoms with van der Waals surface area (Å²) in [4.78, 5) is 8.92. The molecule has 0 aliphatic carbocycles. The molecule has 0 aliphatic heterocycles. The quantitative estimate of drug-likeness (QED) is 0.603. The van der Waals surface area contributed by atoms with Gasteiger partial charge in [-0.25, -0.2) is 0 Å². The van der Waals surface area contributed by atoms with Gasteiger partial charge in [-0.15, -0.1) is 0 Å². The van der Waals surface area contributed by atoms with Gasteiger partial charge in [-0.05, 0) is 0 Å². The van der Waals surface area contributed by atoms with E-state index in [0.717, 1.165) is 8.95 Å². The second kappa shape index (κ2) is 6.64. The van der Waals surface area contributed by atoms with E-state index in [4.69, 9.17) is 0 Å². The molecule has 2 nitrogen and oxygen atoms in total. The van der Waals surface area contributed by atoms with E-state index >= 15 is 0 Å². The predicted octanol–water partition coefficient (Wildman–Crippen LogP) is 1.89. The molecule has 0 N–H and O–H groups in total. The van der Waals surface area contributed by atoms with Crippen molar-refractivity contribution in [3.8, 4) is 0 Å². The molecule has 0 unspecified atom stereocenters. The van der Waals surface area contributed by atoms with Crippen LogP contribution in [-0.2, 0) is 0 Å². The fourth-order valence-corrected chi connectivity index (χ4v) is 11.3. The molecule has 0 atom stereocenters. The van der Waals surface area contributed by atoms with Crippen molar-refractivity contribution in [3.63, 3.8) is 0 Å². The van der Waals surface area contributed by atoms with Gasteiger partial charge in [-0.2, -0.15) is 0 Å². The van der Waals surface area contributed by atoms with E-state index in [1.807, 2.05) is 24.5 Å². The Morgan fingerprint density at radius 2 is 1.22 bits per heavy atom. The van der Waals surface area contributed by atoms with Crippen LogP contribution in [0.4, 0.5) is 0 Å². The SMILES string of the molecule is Cc1ccnc([Se][Se]c2nccc(C)c2Br)c1Br. The number of hydrogen-bond donors (Lipinski definition) is 0. The normalized spacial score (nSPS) is 10.7. The van der Waals surface area contributed by atoms with Crippen molar-refractivity contribution in [1.29, 1.82) is 0 Å². The van der Waals surface area contributed by atoms with E-state index in [0.29, 0.717) is 26.3 Å². The van der Waals surface area contributed by atoms with E-state index in [2.05, 4.69) is 55.7 Å². The molecule has 0 bridgehead atoms. The van der Waals surface area contributed by atoms with Crippen LogP contribution in [0.3, 0.4) is 0 Å². The standard InChI is InChI=1S/C12H10Br2N2Se2/c1-7-3-5-15-11(9(7)13)17-18-12-10(14)8(2)4-6-16-12/h3-6H,1-2H3. The Labute approximate surface area is 135 Å². The summed E-state index contributed by atoms with van der Waals surface area (Å²) in [6, 6.07) is 4.05. The molecule has 0 amide bonds. The molecule has 2 heterocycles. The summed E-state index contributed by atoms with van der Waals surface area (Å²) >= 11 is 7.93. The average molecular weight is 500 g/mol. The van der Waals surface area contributed by atoms with Gasteiger partial charge in [-0.3, -0.25) is 0 Å². The second-order valence-electron chi connectivity index (χ2n) is 3.66. The Bertz CT molecular complexity index is 524. The zero-order valence-electron chi connectivity index (χ0n) is 9.78. The average Bonchev–Trinajstić information content (AvgIpc) is 2.36. The maximum absolute atomic E-state index is 4.46. The molecule has 0 saturated heterocycles. The van der Waals surface area contributed by atoms with Crippen molar-refractivity contribution < 1.29 is 0 Å². The number of halogens is 2. The number of rotatable bonds is 3. The Hall–Kier alpha value is 0.299. The molecule has 6 heteroatoms. The van der Waals surface area contributed by atoms with Crippen LogP contribution in [0.5, 0.6) is 0 Å². The van der Waals surface area contributed by atoms with Crippen LogP contribution in [0.25, 0.3) is 0 Å². The number of hydrogen-bond acceptors (Lipinski definition) is 2. The van der Waals surface area contributed by atoms with E-state index < -0.39 is 0 Å². The van der Waals surface area contributed by atoms with Crippen LogP contribution >= 0.6 is 31.9 Å². The summed E-state index contributed by atoms with van der Waals surface area (Å²) in [6.45, 7) is 4.19. The van der Waals surface area contributed by atoms with Gasteiger partial charge < -0.3 is 0 Å². The molecule has 0 spiro atoms. The fourth-order valence-electron chi connectivity index (χ4n) is 1.23. The molecular formula is C12H10Br2N2Se2. The van der Waals surface area contributed by atoms with Gasteiger partial charge >= 0.3 is 136 Å². The topological polar surface area (TPSA) is 25.8 Å². The molecule has 0 aromatic carbocycles. The molecule has 18 heavy (non-hydrogen) atoms. The van der Waals surface area contributed by atoms with E-state index in [-0.39, 0.29) is 0 Å². The molecule has 0 fully saturated rings. The minimum atomic E-state index is 0.348. The predicted molar refractivity (Wildman–Crippen MR) is 84.1 cm³/mol. The van der Waals surface area contributed by atoms with Gasteiger partial charge in [-0.1, -0.05) is 0 Å². The zero-order chi connectivity index (χ0) is 13.1. The van der Waals surface area contributed by atoms with Crippen molar-refractivity contribution in [1.82, 2.24) is 9.97 Å². The Kier molecular flexibility index (Phi) is 5.43. The third kappa shape index (κ3) is 3.44. The molecule has 2 aromatic heterocycles. The first kappa shape index (κ1) is 14.7. The van der Waals surface area contributed by atoms with Crippen LogP contribution in [-0.4, -0.2) is 36.2 Å². The number of nitrogens with zero attached hydrogens (tertiary/aromatic N) is 2. The molecule has 0 radical (unpaired) electrons. The first-order chi connectivity index (χ1) is 8.59. The van der Waals surface area contributed by atoms with Crippen molar-refractivity contribution in [2.24, 2.45) is 0 Å². The van der Waals surface area contributed by atoms with E-state index in [1.165, 1.54) is 20.3 Å². The summed E-state index contributed by atoms with van der Waals surface area (Å²) in [7, 11) is 0. The van der Waals surface area contributed by atoms with Gasteiger partial charge in [0.05, 0.1) is 0 Å². The number of aromatic nitrogens is 2. The summed E-state index contributed by atoms with van der Waals surface area (Å²) in [6.07, 6.45) is 3.76. The summed E-state index contributed by atoms with van der Waals surface area (Å²) < 4.78 is 4.65. The van der Waals surface area contributed by atoms with Crippen molar-refractivity contribution in [3.05, 3.63) is 44.6 Å². The van der Waals surface area contributed by atoms with E-state index in [9.17, 15) is 0 Å². The molecule has 0 aliphatic rings. The molecule has 2 aromatic rings. The van der Waals surface area contributed by atoms with Crippen LogP contribution in [0.2, 0.25) is 0 Å². The van der Waals surface area contributed by atoms with Crippen LogP contribution in [0.1, 0.15) is 11.1 Å². The van der Waals surface area contributed by atoms with E-state index in [1.54, 1.807) is 0 Å². The molecule has 2 rings (SSSR count). The summed E-state index contributed by atoms with van der Waals surface area (Å²) in [5.74, 6) is 0. The first-order valence-electron chi connectivity index (χ1n) is 5.16. The summed E-state index contributed by atoms with van der Waals surface area (Å²) in [5.41, 5.74) is 2.49. The zero-order valence-corrected chi connectivity index (χ0v) is 16.4. The second-order valence-corrected chi connectivity index (χ2v) is 11.2. The fraction of sp³-hybridized carbons (Fsp3) is 0.167. The maximum atomic E-state index is 4.46. The summed E-state index contributed by atoms with van der Waals surface area (Å²) in [5, 5.41) is 0. The van der Waals surface area contributed by atoms with Crippen molar-refractivity contribution in [2.45, 2.75) is 13.8 Å². The molecule has 0 saturated carbocycles. The molecule has 94 valence electrons.